The molecule has 0 amide bonds. The molecular formula is C24H27N7O. The molecule has 2 aliphatic heterocycles. The van der Waals surface area contributed by atoms with Crippen LogP contribution in [0.3, 0.4) is 0 Å². The normalized spacial score (nSPS) is 18.4. The van der Waals surface area contributed by atoms with Gasteiger partial charge in [-0.2, -0.15) is 4.98 Å². The van der Waals surface area contributed by atoms with Gasteiger partial charge in [0.25, 0.3) is 6.01 Å². The van der Waals surface area contributed by atoms with E-state index in [2.05, 4.69) is 43.1 Å². The first-order valence-electron chi connectivity index (χ1n) is 11.2. The summed E-state index contributed by atoms with van der Waals surface area (Å²) in [6, 6.07) is 13.4. The molecule has 2 aliphatic rings. The van der Waals surface area contributed by atoms with Gasteiger partial charge in [-0.15, -0.1) is 0 Å². The Bertz CT molecular complexity index is 1270. The third-order valence-electron chi connectivity index (χ3n) is 6.70. The Morgan fingerprint density at radius 3 is 2.59 bits per heavy atom. The quantitative estimate of drug-likeness (QED) is 0.531. The first-order chi connectivity index (χ1) is 15.7. The highest BCUT2D eigenvalue weighted by atomic mass is 16.4. The topological polar surface area (TPSA) is 73.6 Å². The van der Waals surface area contributed by atoms with Crippen molar-refractivity contribution in [1.82, 2.24) is 24.8 Å². The van der Waals surface area contributed by atoms with E-state index in [1.54, 1.807) is 7.05 Å². The summed E-state index contributed by atoms with van der Waals surface area (Å²) in [4.78, 5) is 21.5. The number of piperazine rings is 1. The van der Waals surface area contributed by atoms with E-state index in [0.29, 0.717) is 12.1 Å². The van der Waals surface area contributed by atoms with Gasteiger partial charge in [0.1, 0.15) is 5.52 Å². The van der Waals surface area contributed by atoms with E-state index < -0.39 is 0 Å². The van der Waals surface area contributed by atoms with Crippen molar-refractivity contribution in [2.24, 2.45) is 0 Å². The summed E-state index contributed by atoms with van der Waals surface area (Å²) in [6.45, 7) is 6.79. The number of hydrogen-bond donors (Lipinski definition) is 1. The molecule has 1 N–H and O–H groups in total. The highest BCUT2D eigenvalue weighted by molar-refractivity contribution is 5.84. The van der Waals surface area contributed by atoms with Gasteiger partial charge >= 0.3 is 0 Å². The number of nitrogens with one attached hydrogen (secondary N) is 1. The second-order valence-corrected chi connectivity index (χ2v) is 8.78. The van der Waals surface area contributed by atoms with Crippen LogP contribution in [0.15, 0.2) is 47.0 Å². The predicted molar refractivity (Wildman–Crippen MR) is 127 cm³/mol. The highest BCUT2D eigenvalue weighted by Crippen LogP contribution is 2.29. The van der Waals surface area contributed by atoms with Crippen molar-refractivity contribution in [2.75, 3.05) is 63.6 Å². The Morgan fingerprint density at radius 2 is 1.78 bits per heavy atom. The zero-order valence-electron chi connectivity index (χ0n) is 18.5. The molecule has 3 aromatic heterocycles. The number of aromatic nitrogens is 3. The van der Waals surface area contributed by atoms with E-state index in [0.717, 1.165) is 65.3 Å². The number of hydrogen-bond acceptors (Lipinski definition) is 8. The number of pyridine rings is 2. The molecule has 32 heavy (non-hydrogen) atoms. The molecule has 164 valence electrons. The molecule has 6 rings (SSSR count). The third kappa shape index (κ3) is 3.45. The van der Waals surface area contributed by atoms with Gasteiger partial charge in [0.05, 0.1) is 28.6 Å². The van der Waals surface area contributed by atoms with Gasteiger partial charge in [0.15, 0.2) is 5.58 Å². The van der Waals surface area contributed by atoms with Gasteiger partial charge in [-0.05, 0) is 43.4 Å². The van der Waals surface area contributed by atoms with Crippen molar-refractivity contribution in [3.05, 3.63) is 42.6 Å². The van der Waals surface area contributed by atoms with Crippen LogP contribution in [0.5, 0.6) is 0 Å². The second kappa shape index (κ2) is 7.72. The van der Waals surface area contributed by atoms with E-state index in [4.69, 9.17) is 9.40 Å². The first kappa shape index (κ1) is 19.5. The number of oxazole rings is 1. The van der Waals surface area contributed by atoms with Gasteiger partial charge in [-0.25, -0.2) is 4.98 Å². The lowest BCUT2D eigenvalue weighted by atomic mass is 10.0. The van der Waals surface area contributed by atoms with E-state index in [-0.39, 0.29) is 0 Å². The van der Waals surface area contributed by atoms with Crippen molar-refractivity contribution in [3.8, 4) is 11.3 Å². The molecule has 0 radical (unpaired) electrons. The molecular weight excluding hydrogens is 402 g/mol. The monoisotopic (exact) mass is 429 g/mol. The van der Waals surface area contributed by atoms with E-state index in [9.17, 15) is 0 Å². The molecule has 1 aromatic carbocycles. The molecule has 0 atom stereocenters. The van der Waals surface area contributed by atoms with Crippen LogP contribution in [-0.2, 0) is 0 Å². The van der Waals surface area contributed by atoms with E-state index in [1.807, 2.05) is 36.5 Å². The predicted octanol–water partition coefficient (Wildman–Crippen LogP) is 2.92. The summed E-state index contributed by atoms with van der Waals surface area (Å²) in [6.07, 6.45) is 1.98. The van der Waals surface area contributed by atoms with Gasteiger partial charge in [-0.3, -0.25) is 9.88 Å². The van der Waals surface area contributed by atoms with Crippen LogP contribution >= 0.6 is 0 Å². The van der Waals surface area contributed by atoms with Crippen molar-refractivity contribution < 1.29 is 4.42 Å². The van der Waals surface area contributed by atoms with E-state index >= 15 is 0 Å². The molecule has 5 heterocycles. The smallest absolute Gasteiger partial charge is 0.295 e. The van der Waals surface area contributed by atoms with Crippen LogP contribution in [0.4, 0.5) is 11.7 Å². The van der Waals surface area contributed by atoms with Crippen molar-refractivity contribution in [1.29, 1.82) is 0 Å². The summed E-state index contributed by atoms with van der Waals surface area (Å²) in [5, 5.41) is 2.94. The highest BCUT2D eigenvalue weighted by Gasteiger charge is 2.33. The molecule has 2 saturated heterocycles. The van der Waals surface area contributed by atoms with Gasteiger partial charge in [0.2, 0.25) is 0 Å². The molecule has 0 unspecified atom stereocenters. The largest absolute Gasteiger partial charge is 0.424 e. The minimum Gasteiger partial charge on any atom is -0.424 e. The number of anilines is 2. The van der Waals surface area contributed by atoms with Crippen LogP contribution in [0.2, 0.25) is 0 Å². The van der Waals surface area contributed by atoms with Crippen LogP contribution in [0, 0.1) is 0 Å². The Balaban J connectivity index is 1.23. The van der Waals surface area contributed by atoms with Gasteiger partial charge < -0.3 is 19.5 Å². The van der Waals surface area contributed by atoms with Gasteiger partial charge in [0, 0.05) is 57.9 Å². The van der Waals surface area contributed by atoms with Crippen LogP contribution < -0.4 is 10.2 Å². The molecule has 0 aliphatic carbocycles. The number of likely N-dealkylation sites (N-methyl/N-ethyl adjacent to an activating group) is 1. The Kier molecular flexibility index (Phi) is 4.69. The lowest BCUT2D eigenvalue weighted by molar-refractivity contribution is 0.0963. The maximum atomic E-state index is 5.63. The molecule has 4 aromatic rings. The van der Waals surface area contributed by atoms with Crippen LogP contribution in [0.25, 0.3) is 33.4 Å². The second-order valence-electron chi connectivity index (χ2n) is 8.78. The number of fused-ring (bicyclic) bond motifs is 2. The lowest BCUT2D eigenvalue weighted by Gasteiger charge is -2.48. The Hall–Kier alpha value is -3.23. The summed E-state index contributed by atoms with van der Waals surface area (Å²) >= 11 is 0. The fourth-order valence-corrected chi connectivity index (χ4v) is 4.61. The van der Waals surface area contributed by atoms with Gasteiger partial charge in [-0.1, -0.05) is 0 Å². The molecule has 8 nitrogen and oxygen atoms in total. The summed E-state index contributed by atoms with van der Waals surface area (Å²) in [7, 11) is 4.00. The van der Waals surface area contributed by atoms with Crippen molar-refractivity contribution in [2.45, 2.75) is 6.04 Å². The maximum Gasteiger partial charge on any atom is 0.295 e. The minimum absolute atomic E-state index is 0.516. The van der Waals surface area contributed by atoms with Crippen LogP contribution in [-0.4, -0.2) is 84.2 Å². The number of benzene rings is 1. The fraction of sp³-hybridized carbons (Fsp3) is 0.375. The maximum absolute atomic E-state index is 5.63. The third-order valence-corrected chi connectivity index (χ3v) is 6.70. The lowest BCUT2D eigenvalue weighted by Crippen LogP contribution is -2.63. The number of nitrogens with zero attached hydrogens (tertiary/aromatic N) is 6. The Labute approximate surface area is 186 Å². The summed E-state index contributed by atoms with van der Waals surface area (Å²) in [5.74, 6) is 0. The molecule has 2 fully saturated rings. The molecule has 0 saturated carbocycles. The summed E-state index contributed by atoms with van der Waals surface area (Å²) < 4.78 is 5.63. The fourth-order valence-electron chi connectivity index (χ4n) is 4.61. The zero-order valence-corrected chi connectivity index (χ0v) is 18.5. The number of rotatable bonds is 4. The minimum atomic E-state index is 0.516. The van der Waals surface area contributed by atoms with E-state index in [1.165, 1.54) is 13.1 Å². The molecule has 0 spiro atoms. The molecule has 8 heteroatoms. The summed E-state index contributed by atoms with van der Waals surface area (Å²) in [5.41, 5.74) is 6.48. The van der Waals surface area contributed by atoms with Crippen molar-refractivity contribution in [3.63, 3.8) is 0 Å². The molecule has 0 bridgehead atoms. The average Bonchev–Trinajstić information content (AvgIpc) is 3.21. The van der Waals surface area contributed by atoms with Crippen LogP contribution in [0.1, 0.15) is 0 Å². The standard InChI is InChI=1S/C24H27N7O/c1-25-24-28-22-11-16(3-6-23(22)32-24)19-4-5-20-21(27-19)12-17(13-26-20)31-14-18(15-31)30-9-7-29(2)8-10-30/h3-6,11-13,18H,7-10,14-15H2,1-2H3,(H,25,28). The van der Waals surface area contributed by atoms with Crippen molar-refractivity contribution >= 4 is 33.8 Å². The Morgan fingerprint density at radius 1 is 0.938 bits per heavy atom. The zero-order chi connectivity index (χ0) is 21.7. The first-order valence-corrected chi connectivity index (χ1v) is 11.2. The SMILES string of the molecule is CNc1nc2cc(-c3ccc4ncc(N5CC(N6CCN(C)CC6)C5)cc4n3)ccc2o1. The average molecular weight is 430 g/mol.